The molecule has 0 radical (unpaired) electrons. The Morgan fingerprint density at radius 3 is 2.82 bits per heavy atom. The number of aromatic nitrogens is 1. The fourth-order valence-electron chi connectivity index (χ4n) is 2.41. The van der Waals surface area contributed by atoms with Gasteiger partial charge in [0.15, 0.2) is 0 Å². The van der Waals surface area contributed by atoms with Gasteiger partial charge in [0, 0.05) is 29.7 Å². The van der Waals surface area contributed by atoms with Gasteiger partial charge in [-0.3, -0.25) is 4.98 Å². The van der Waals surface area contributed by atoms with Gasteiger partial charge in [0.1, 0.15) is 0 Å². The van der Waals surface area contributed by atoms with E-state index < -0.39 is 0 Å². The topological polar surface area (TPSA) is 24.9 Å². The molecule has 0 saturated heterocycles. The number of aryl methyl sites for hydroxylation is 1. The fourth-order valence-corrected chi connectivity index (χ4v) is 2.41. The number of nitrogens with zero attached hydrogens (tertiary/aromatic N) is 1. The lowest BCUT2D eigenvalue weighted by atomic mass is 10.0. The number of nitrogens with one attached hydrogen (secondary N) is 1. The molecule has 1 aromatic carbocycles. The lowest BCUT2D eigenvalue weighted by Gasteiger charge is -2.11. The highest BCUT2D eigenvalue weighted by Gasteiger charge is 2.26. The smallest absolute Gasteiger partial charge is 0.0758 e. The van der Waals surface area contributed by atoms with Gasteiger partial charge in [-0.25, -0.2) is 0 Å². The SMILES string of the molecule is CCc1cccc2c(NC)cc(C3CC3)nc12. The van der Waals surface area contributed by atoms with Crippen LogP contribution in [0.15, 0.2) is 24.3 Å². The van der Waals surface area contributed by atoms with Gasteiger partial charge in [-0.2, -0.15) is 0 Å². The molecule has 88 valence electrons. The molecule has 1 N–H and O–H groups in total. The van der Waals surface area contributed by atoms with Crippen LogP contribution in [0.1, 0.15) is 36.9 Å². The summed E-state index contributed by atoms with van der Waals surface area (Å²) in [6.07, 6.45) is 3.65. The van der Waals surface area contributed by atoms with Gasteiger partial charge in [-0.1, -0.05) is 25.1 Å². The molecule has 2 nitrogen and oxygen atoms in total. The van der Waals surface area contributed by atoms with Crippen LogP contribution in [-0.4, -0.2) is 12.0 Å². The van der Waals surface area contributed by atoms with E-state index >= 15 is 0 Å². The maximum absolute atomic E-state index is 4.88. The minimum atomic E-state index is 0.705. The molecule has 17 heavy (non-hydrogen) atoms. The average molecular weight is 226 g/mol. The molecule has 0 aliphatic heterocycles. The van der Waals surface area contributed by atoms with Crippen molar-refractivity contribution in [1.82, 2.24) is 4.98 Å². The molecule has 3 rings (SSSR count). The normalized spacial score (nSPS) is 15.2. The van der Waals surface area contributed by atoms with Crippen molar-refractivity contribution < 1.29 is 0 Å². The molecule has 2 aromatic rings. The van der Waals surface area contributed by atoms with Gasteiger partial charge >= 0.3 is 0 Å². The Morgan fingerprint density at radius 1 is 1.35 bits per heavy atom. The monoisotopic (exact) mass is 226 g/mol. The molecular formula is C15H18N2. The molecule has 1 aliphatic rings. The summed E-state index contributed by atoms with van der Waals surface area (Å²) in [6.45, 7) is 2.19. The van der Waals surface area contributed by atoms with Crippen molar-refractivity contribution in [1.29, 1.82) is 0 Å². The van der Waals surface area contributed by atoms with Crippen molar-refractivity contribution >= 4 is 16.6 Å². The summed E-state index contributed by atoms with van der Waals surface area (Å²) in [4.78, 5) is 4.88. The Morgan fingerprint density at radius 2 is 2.18 bits per heavy atom. The van der Waals surface area contributed by atoms with Crippen molar-refractivity contribution in [3.63, 3.8) is 0 Å². The maximum Gasteiger partial charge on any atom is 0.0758 e. The highest BCUT2D eigenvalue weighted by atomic mass is 14.8. The summed E-state index contributed by atoms with van der Waals surface area (Å²) >= 11 is 0. The van der Waals surface area contributed by atoms with E-state index in [1.165, 1.54) is 40.7 Å². The summed E-state index contributed by atoms with van der Waals surface area (Å²) in [7, 11) is 1.99. The van der Waals surface area contributed by atoms with Crippen LogP contribution < -0.4 is 5.32 Å². The van der Waals surface area contributed by atoms with E-state index in [1.54, 1.807) is 0 Å². The Kier molecular flexibility index (Phi) is 2.50. The lowest BCUT2D eigenvalue weighted by Crippen LogP contribution is -1.97. The number of para-hydroxylation sites is 1. The predicted octanol–water partition coefficient (Wildman–Crippen LogP) is 3.72. The van der Waals surface area contributed by atoms with Crippen molar-refractivity contribution in [3.05, 3.63) is 35.5 Å². The van der Waals surface area contributed by atoms with Crippen molar-refractivity contribution in [2.45, 2.75) is 32.1 Å². The zero-order valence-electron chi connectivity index (χ0n) is 10.5. The van der Waals surface area contributed by atoms with Gasteiger partial charge in [0.2, 0.25) is 0 Å². The van der Waals surface area contributed by atoms with Crippen molar-refractivity contribution in [2.24, 2.45) is 0 Å². The van der Waals surface area contributed by atoms with Crippen molar-refractivity contribution in [2.75, 3.05) is 12.4 Å². The van der Waals surface area contributed by atoms with Crippen molar-refractivity contribution in [3.8, 4) is 0 Å². The molecule has 1 fully saturated rings. The standard InChI is InChI=1S/C15H18N2/c1-3-10-5-4-6-12-14(16-2)9-13(11-7-8-11)17-15(10)12/h4-6,9,11H,3,7-8H2,1-2H3,(H,16,17). The van der Waals surface area contributed by atoms with E-state index in [1.807, 2.05) is 7.05 Å². The Labute approximate surface area is 102 Å². The van der Waals surface area contributed by atoms with Crippen LogP contribution >= 0.6 is 0 Å². The first-order chi connectivity index (χ1) is 8.33. The van der Waals surface area contributed by atoms with E-state index in [9.17, 15) is 0 Å². The highest BCUT2D eigenvalue weighted by Crippen LogP contribution is 2.41. The molecule has 0 unspecified atom stereocenters. The van der Waals surface area contributed by atoms with Gasteiger partial charge in [-0.05, 0) is 30.9 Å². The maximum atomic E-state index is 4.88. The molecule has 0 spiro atoms. The molecule has 1 aromatic heterocycles. The largest absolute Gasteiger partial charge is 0.388 e. The van der Waals surface area contributed by atoms with Gasteiger partial charge in [0.25, 0.3) is 0 Å². The van der Waals surface area contributed by atoms with Gasteiger partial charge in [0.05, 0.1) is 5.52 Å². The van der Waals surface area contributed by atoms with E-state index in [-0.39, 0.29) is 0 Å². The van der Waals surface area contributed by atoms with Crippen LogP contribution in [0.4, 0.5) is 5.69 Å². The first kappa shape index (κ1) is 10.6. The molecule has 1 heterocycles. The molecule has 0 bridgehead atoms. The van der Waals surface area contributed by atoms with Crippen LogP contribution in [0.2, 0.25) is 0 Å². The van der Waals surface area contributed by atoms with E-state index in [2.05, 4.69) is 36.5 Å². The zero-order valence-corrected chi connectivity index (χ0v) is 10.5. The van der Waals surface area contributed by atoms with E-state index in [0.717, 1.165) is 6.42 Å². The fraction of sp³-hybridized carbons (Fsp3) is 0.400. The molecule has 1 saturated carbocycles. The van der Waals surface area contributed by atoms with Gasteiger partial charge in [-0.15, -0.1) is 0 Å². The van der Waals surface area contributed by atoms with Crippen LogP contribution in [0.25, 0.3) is 10.9 Å². The van der Waals surface area contributed by atoms with Crippen LogP contribution in [-0.2, 0) is 6.42 Å². The third-order valence-corrected chi connectivity index (χ3v) is 3.59. The molecule has 0 amide bonds. The zero-order chi connectivity index (χ0) is 11.8. The first-order valence-corrected chi connectivity index (χ1v) is 6.43. The van der Waals surface area contributed by atoms with Crippen LogP contribution in [0.5, 0.6) is 0 Å². The van der Waals surface area contributed by atoms with E-state index in [4.69, 9.17) is 4.98 Å². The average Bonchev–Trinajstić information content (AvgIpc) is 3.20. The summed E-state index contributed by atoms with van der Waals surface area (Å²) in [5.74, 6) is 0.705. The lowest BCUT2D eigenvalue weighted by molar-refractivity contribution is 1.03. The quantitative estimate of drug-likeness (QED) is 0.862. The summed E-state index contributed by atoms with van der Waals surface area (Å²) in [5, 5.41) is 4.55. The second-order valence-electron chi connectivity index (χ2n) is 4.79. The summed E-state index contributed by atoms with van der Waals surface area (Å²) in [6, 6.07) is 8.69. The molecule has 2 heteroatoms. The second kappa shape index (κ2) is 4.02. The number of pyridine rings is 1. The second-order valence-corrected chi connectivity index (χ2v) is 4.79. The number of rotatable bonds is 3. The Bertz CT molecular complexity index is 556. The first-order valence-electron chi connectivity index (χ1n) is 6.43. The number of benzene rings is 1. The minimum Gasteiger partial charge on any atom is -0.388 e. The van der Waals surface area contributed by atoms with Crippen LogP contribution in [0.3, 0.4) is 0 Å². The number of fused-ring (bicyclic) bond motifs is 1. The molecule has 0 atom stereocenters. The third kappa shape index (κ3) is 1.78. The molecular weight excluding hydrogens is 208 g/mol. The highest BCUT2D eigenvalue weighted by molar-refractivity contribution is 5.93. The minimum absolute atomic E-state index is 0.705. The third-order valence-electron chi connectivity index (χ3n) is 3.59. The number of hydrogen-bond acceptors (Lipinski definition) is 2. The number of hydrogen-bond donors (Lipinski definition) is 1. The predicted molar refractivity (Wildman–Crippen MR) is 72.6 cm³/mol. The Balaban J connectivity index is 2.28. The van der Waals surface area contributed by atoms with E-state index in [0.29, 0.717) is 5.92 Å². The summed E-state index contributed by atoms with van der Waals surface area (Å²) in [5.41, 5.74) is 5.01. The number of anilines is 1. The summed E-state index contributed by atoms with van der Waals surface area (Å²) < 4.78 is 0. The molecule has 1 aliphatic carbocycles. The Hall–Kier alpha value is -1.57. The van der Waals surface area contributed by atoms with Crippen LogP contribution in [0, 0.1) is 0 Å². The van der Waals surface area contributed by atoms with Gasteiger partial charge < -0.3 is 5.32 Å².